The molecule has 1 aliphatic rings. The van der Waals surface area contributed by atoms with Gasteiger partial charge in [-0.1, -0.05) is 35.9 Å². The topological polar surface area (TPSA) is 68.6 Å². The maximum Gasteiger partial charge on any atom is 0.272 e. The first-order chi connectivity index (χ1) is 15.6. The zero-order valence-electron chi connectivity index (χ0n) is 19.2. The largest absolute Gasteiger partial charge is 0.494 e. The number of ether oxygens (including phenoxy) is 2. The fourth-order valence-electron chi connectivity index (χ4n) is 4.28. The van der Waals surface area contributed by atoms with E-state index in [2.05, 4.69) is 42.3 Å². The molecule has 1 amide bonds. The SMILES string of the molecule is COc1cccc2c(C(=O)NCCc3ccc(C)cc3C)nn(CCN3CCOCC3)c12. The van der Waals surface area contributed by atoms with Gasteiger partial charge in [-0.05, 0) is 37.5 Å². The lowest BCUT2D eigenvalue weighted by Gasteiger charge is -2.26. The number of amides is 1. The van der Waals surface area contributed by atoms with Gasteiger partial charge < -0.3 is 14.8 Å². The number of benzene rings is 2. The van der Waals surface area contributed by atoms with Crippen LogP contribution in [0.2, 0.25) is 0 Å². The fraction of sp³-hybridized carbons (Fsp3) is 0.440. The molecule has 2 heterocycles. The Morgan fingerprint density at radius 1 is 1.16 bits per heavy atom. The first kappa shape index (κ1) is 22.3. The number of fused-ring (bicyclic) bond motifs is 1. The number of aryl methyl sites for hydroxylation is 2. The third-order valence-corrected chi connectivity index (χ3v) is 6.08. The normalized spacial score (nSPS) is 14.6. The van der Waals surface area contributed by atoms with E-state index < -0.39 is 0 Å². The summed E-state index contributed by atoms with van der Waals surface area (Å²) < 4.78 is 12.9. The number of hydrogen-bond donors (Lipinski definition) is 1. The van der Waals surface area contributed by atoms with E-state index in [0.29, 0.717) is 18.8 Å². The van der Waals surface area contributed by atoms with Gasteiger partial charge in [0, 0.05) is 31.6 Å². The Balaban J connectivity index is 1.50. The Bertz CT molecular complexity index is 1090. The highest BCUT2D eigenvalue weighted by Gasteiger charge is 2.20. The van der Waals surface area contributed by atoms with Crippen LogP contribution in [0.15, 0.2) is 36.4 Å². The summed E-state index contributed by atoms with van der Waals surface area (Å²) in [6, 6.07) is 12.2. The van der Waals surface area contributed by atoms with Crippen molar-refractivity contribution < 1.29 is 14.3 Å². The fourth-order valence-corrected chi connectivity index (χ4v) is 4.28. The van der Waals surface area contributed by atoms with Crippen LogP contribution < -0.4 is 10.1 Å². The summed E-state index contributed by atoms with van der Waals surface area (Å²) in [4.78, 5) is 15.4. The molecule has 0 unspecified atom stereocenters. The molecule has 170 valence electrons. The van der Waals surface area contributed by atoms with Crippen molar-refractivity contribution in [3.63, 3.8) is 0 Å². The second-order valence-electron chi connectivity index (χ2n) is 8.32. The molecule has 0 aliphatic carbocycles. The van der Waals surface area contributed by atoms with E-state index in [0.717, 1.165) is 55.9 Å². The highest BCUT2D eigenvalue weighted by atomic mass is 16.5. The van der Waals surface area contributed by atoms with Gasteiger partial charge in [0.05, 0.1) is 26.9 Å². The number of para-hydroxylation sites is 1. The molecule has 32 heavy (non-hydrogen) atoms. The standard InChI is InChI=1S/C25H32N4O3/c1-18-7-8-20(19(2)17-18)9-10-26-25(30)23-21-5-4-6-22(31-3)24(21)29(27-23)12-11-28-13-15-32-16-14-28/h4-8,17H,9-16H2,1-3H3,(H,26,30). The number of morpholine rings is 1. The number of nitrogens with zero attached hydrogens (tertiary/aromatic N) is 3. The molecule has 0 bridgehead atoms. The highest BCUT2D eigenvalue weighted by molar-refractivity contribution is 6.06. The number of carbonyl (C=O) groups excluding carboxylic acids is 1. The molecule has 3 aromatic rings. The van der Waals surface area contributed by atoms with Gasteiger partial charge >= 0.3 is 0 Å². The Morgan fingerprint density at radius 3 is 2.72 bits per heavy atom. The molecule has 4 rings (SSSR count). The van der Waals surface area contributed by atoms with Crippen LogP contribution in [0.1, 0.15) is 27.2 Å². The molecule has 1 fully saturated rings. The Morgan fingerprint density at radius 2 is 1.97 bits per heavy atom. The van der Waals surface area contributed by atoms with E-state index in [1.54, 1.807) is 7.11 Å². The summed E-state index contributed by atoms with van der Waals surface area (Å²) in [7, 11) is 1.65. The summed E-state index contributed by atoms with van der Waals surface area (Å²) in [6.07, 6.45) is 0.789. The van der Waals surface area contributed by atoms with Gasteiger partial charge in [0.25, 0.3) is 5.91 Å². The van der Waals surface area contributed by atoms with E-state index in [1.807, 2.05) is 22.9 Å². The van der Waals surface area contributed by atoms with Gasteiger partial charge in [0.1, 0.15) is 11.3 Å². The van der Waals surface area contributed by atoms with Crippen LogP contribution in [-0.2, 0) is 17.7 Å². The molecule has 0 spiro atoms. The van der Waals surface area contributed by atoms with Crippen molar-refractivity contribution in [1.29, 1.82) is 0 Å². The van der Waals surface area contributed by atoms with E-state index >= 15 is 0 Å². The van der Waals surface area contributed by atoms with Gasteiger partial charge in [-0.25, -0.2) is 0 Å². The van der Waals surface area contributed by atoms with Crippen molar-refractivity contribution in [1.82, 2.24) is 20.0 Å². The van der Waals surface area contributed by atoms with Gasteiger partial charge in [0.15, 0.2) is 5.69 Å². The van der Waals surface area contributed by atoms with E-state index in [9.17, 15) is 4.79 Å². The number of methoxy groups -OCH3 is 1. The van der Waals surface area contributed by atoms with Crippen LogP contribution in [0.25, 0.3) is 10.9 Å². The molecule has 7 heteroatoms. The summed E-state index contributed by atoms with van der Waals surface area (Å²) in [5.74, 6) is 0.574. The average Bonchev–Trinajstić information content (AvgIpc) is 3.19. The summed E-state index contributed by atoms with van der Waals surface area (Å²) >= 11 is 0. The number of hydrogen-bond acceptors (Lipinski definition) is 5. The first-order valence-electron chi connectivity index (χ1n) is 11.2. The lowest BCUT2D eigenvalue weighted by atomic mass is 10.0. The number of carbonyl (C=O) groups is 1. The molecule has 1 N–H and O–H groups in total. The van der Waals surface area contributed by atoms with Crippen molar-refractivity contribution >= 4 is 16.8 Å². The molecular formula is C25H32N4O3. The van der Waals surface area contributed by atoms with Crippen LogP contribution in [0.3, 0.4) is 0 Å². The minimum atomic E-state index is -0.154. The quantitative estimate of drug-likeness (QED) is 0.588. The van der Waals surface area contributed by atoms with Crippen LogP contribution >= 0.6 is 0 Å². The van der Waals surface area contributed by atoms with E-state index in [1.165, 1.54) is 16.7 Å². The molecule has 0 saturated carbocycles. The molecule has 1 saturated heterocycles. The van der Waals surface area contributed by atoms with Crippen LogP contribution in [0, 0.1) is 13.8 Å². The monoisotopic (exact) mass is 436 g/mol. The van der Waals surface area contributed by atoms with Crippen LogP contribution in [-0.4, -0.2) is 67.1 Å². The maximum absolute atomic E-state index is 13.1. The van der Waals surface area contributed by atoms with Crippen molar-refractivity contribution in [3.05, 3.63) is 58.8 Å². The lowest BCUT2D eigenvalue weighted by molar-refractivity contribution is 0.0361. The highest BCUT2D eigenvalue weighted by Crippen LogP contribution is 2.28. The minimum absolute atomic E-state index is 0.154. The van der Waals surface area contributed by atoms with Gasteiger partial charge in [-0.15, -0.1) is 0 Å². The second-order valence-corrected chi connectivity index (χ2v) is 8.32. The van der Waals surface area contributed by atoms with E-state index in [4.69, 9.17) is 14.6 Å². The third-order valence-electron chi connectivity index (χ3n) is 6.08. The lowest BCUT2D eigenvalue weighted by Crippen LogP contribution is -2.38. The van der Waals surface area contributed by atoms with Crippen LogP contribution in [0.4, 0.5) is 0 Å². The van der Waals surface area contributed by atoms with Gasteiger partial charge in [-0.3, -0.25) is 14.4 Å². The Hall–Kier alpha value is -2.90. The number of aromatic nitrogens is 2. The maximum atomic E-state index is 13.1. The molecule has 7 nitrogen and oxygen atoms in total. The summed E-state index contributed by atoms with van der Waals surface area (Å²) in [6.45, 7) is 9.67. The van der Waals surface area contributed by atoms with Crippen molar-refractivity contribution in [2.24, 2.45) is 0 Å². The molecule has 1 aliphatic heterocycles. The molecule has 0 atom stereocenters. The zero-order valence-corrected chi connectivity index (χ0v) is 19.2. The molecular weight excluding hydrogens is 404 g/mol. The number of nitrogens with one attached hydrogen (secondary N) is 1. The minimum Gasteiger partial charge on any atom is -0.494 e. The number of rotatable bonds is 8. The molecule has 2 aromatic carbocycles. The van der Waals surface area contributed by atoms with Crippen LogP contribution in [0.5, 0.6) is 5.75 Å². The van der Waals surface area contributed by atoms with Crippen molar-refractivity contribution in [2.45, 2.75) is 26.8 Å². The molecule has 1 aromatic heterocycles. The molecule has 0 radical (unpaired) electrons. The van der Waals surface area contributed by atoms with Gasteiger partial charge in [0.2, 0.25) is 0 Å². The average molecular weight is 437 g/mol. The summed E-state index contributed by atoms with van der Waals surface area (Å²) in [5.41, 5.74) is 5.06. The predicted molar refractivity (Wildman–Crippen MR) is 125 cm³/mol. The van der Waals surface area contributed by atoms with Gasteiger partial charge in [-0.2, -0.15) is 5.10 Å². The Labute approximate surface area is 189 Å². The first-order valence-corrected chi connectivity index (χ1v) is 11.2. The zero-order chi connectivity index (χ0) is 22.5. The smallest absolute Gasteiger partial charge is 0.272 e. The second kappa shape index (κ2) is 10.1. The third kappa shape index (κ3) is 4.95. The van der Waals surface area contributed by atoms with Crippen molar-refractivity contribution in [3.8, 4) is 5.75 Å². The summed E-state index contributed by atoms with van der Waals surface area (Å²) in [5, 5.41) is 8.57. The predicted octanol–water partition coefficient (Wildman–Crippen LogP) is 2.97. The van der Waals surface area contributed by atoms with Crippen molar-refractivity contribution in [2.75, 3.05) is 46.5 Å². The Kier molecular flexibility index (Phi) is 7.07. The van der Waals surface area contributed by atoms with E-state index in [-0.39, 0.29) is 5.91 Å².